The lowest BCUT2D eigenvalue weighted by Crippen LogP contribution is -2.30. The van der Waals surface area contributed by atoms with Gasteiger partial charge in [0.1, 0.15) is 5.82 Å². The predicted octanol–water partition coefficient (Wildman–Crippen LogP) is 2.06. The third kappa shape index (κ3) is 3.59. The van der Waals surface area contributed by atoms with Crippen LogP contribution in [0.15, 0.2) is 47.6 Å². The molecule has 0 spiro atoms. The first-order valence-corrected chi connectivity index (χ1v) is 8.38. The van der Waals surface area contributed by atoms with Gasteiger partial charge in [0.2, 0.25) is 18.6 Å². The molecule has 2 aliphatic heterocycles. The summed E-state index contributed by atoms with van der Waals surface area (Å²) in [6.07, 6.45) is 1.58. The van der Waals surface area contributed by atoms with E-state index in [1.54, 1.807) is 18.2 Å². The van der Waals surface area contributed by atoms with E-state index in [0.29, 0.717) is 17.2 Å². The minimum atomic E-state index is -0.517. The van der Waals surface area contributed by atoms with Gasteiger partial charge in [0.15, 0.2) is 11.5 Å². The van der Waals surface area contributed by atoms with Crippen molar-refractivity contribution < 1.29 is 23.5 Å². The number of anilines is 1. The summed E-state index contributed by atoms with van der Waals surface area (Å²) in [5.74, 6) is -0.122. The molecule has 0 bridgehead atoms. The molecule has 1 fully saturated rings. The third-order valence-electron chi connectivity index (χ3n) is 4.42. The second kappa shape index (κ2) is 7.06. The monoisotopic (exact) mass is 369 g/mol. The Morgan fingerprint density at radius 3 is 2.78 bits per heavy atom. The molecular formula is C19H16FN3O4. The first-order valence-electron chi connectivity index (χ1n) is 8.38. The number of nitrogens with zero attached hydrogens (tertiary/aromatic N) is 2. The number of fused-ring (bicyclic) bond motifs is 1. The van der Waals surface area contributed by atoms with Gasteiger partial charge in [-0.25, -0.2) is 9.82 Å². The summed E-state index contributed by atoms with van der Waals surface area (Å²) in [4.78, 5) is 25.9. The van der Waals surface area contributed by atoms with Crippen LogP contribution < -0.4 is 19.8 Å². The topological polar surface area (TPSA) is 80.2 Å². The van der Waals surface area contributed by atoms with Crippen LogP contribution in [-0.4, -0.2) is 31.4 Å². The summed E-state index contributed by atoms with van der Waals surface area (Å²) in [7, 11) is 0. The second-order valence-electron chi connectivity index (χ2n) is 6.23. The molecule has 0 saturated carbocycles. The van der Waals surface area contributed by atoms with E-state index >= 15 is 0 Å². The average Bonchev–Trinajstić information content (AvgIpc) is 3.28. The molecule has 1 saturated heterocycles. The summed E-state index contributed by atoms with van der Waals surface area (Å²) in [6.45, 7) is 0.419. The summed E-state index contributed by atoms with van der Waals surface area (Å²) in [5.41, 5.74) is 3.78. The van der Waals surface area contributed by atoms with E-state index in [9.17, 15) is 14.0 Å². The van der Waals surface area contributed by atoms with Crippen LogP contribution >= 0.6 is 0 Å². The molecule has 2 aromatic carbocycles. The molecule has 2 aromatic rings. The predicted molar refractivity (Wildman–Crippen MR) is 95.2 cm³/mol. The van der Waals surface area contributed by atoms with Crippen LogP contribution in [0.3, 0.4) is 0 Å². The Labute approximate surface area is 154 Å². The van der Waals surface area contributed by atoms with Crippen molar-refractivity contribution in [3.05, 3.63) is 53.8 Å². The maximum absolute atomic E-state index is 13.0. The minimum Gasteiger partial charge on any atom is -0.454 e. The highest BCUT2D eigenvalue weighted by Crippen LogP contribution is 2.32. The smallest absolute Gasteiger partial charge is 0.245 e. The Hall–Kier alpha value is -3.42. The van der Waals surface area contributed by atoms with Crippen LogP contribution in [0.5, 0.6) is 11.5 Å². The fourth-order valence-electron chi connectivity index (χ4n) is 3.01. The van der Waals surface area contributed by atoms with Gasteiger partial charge in [-0.1, -0.05) is 0 Å². The number of hydrazone groups is 1. The van der Waals surface area contributed by atoms with E-state index in [1.807, 2.05) is 0 Å². The Bertz CT molecular complexity index is 914. The highest BCUT2D eigenvalue weighted by Gasteiger charge is 2.35. The van der Waals surface area contributed by atoms with E-state index < -0.39 is 5.92 Å². The molecular weight excluding hydrogens is 353 g/mol. The van der Waals surface area contributed by atoms with Crippen molar-refractivity contribution in [2.75, 3.05) is 18.2 Å². The molecule has 7 nitrogen and oxygen atoms in total. The van der Waals surface area contributed by atoms with Crippen molar-refractivity contribution in [2.45, 2.75) is 6.42 Å². The fraction of sp³-hybridized carbons (Fsp3) is 0.211. The summed E-state index contributed by atoms with van der Waals surface area (Å²) in [5, 5.41) is 3.95. The van der Waals surface area contributed by atoms with Crippen molar-refractivity contribution >= 4 is 23.7 Å². The summed E-state index contributed by atoms with van der Waals surface area (Å²) >= 11 is 0. The van der Waals surface area contributed by atoms with Gasteiger partial charge in [-0.05, 0) is 48.0 Å². The number of ether oxygens (including phenoxy) is 2. The maximum atomic E-state index is 13.0. The van der Waals surface area contributed by atoms with Crippen LogP contribution in [-0.2, 0) is 9.59 Å². The molecule has 8 heteroatoms. The minimum absolute atomic E-state index is 0.0861. The molecule has 4 rings (SSSR count). The molecule has 0 aromatic heterocycles. The Kier molecular flexibility index (Phi) is 4.45. The van der Waals surface area contributed by atoms with E-state index in [1.165, 1.54) is 35.4 Å². The number of carbonyl (C=O) groups excluding carboxylic acids is 2. The van der Waals surface area contributed by atoms with Gasteiger partial charge in [-0.3, -0.25) is 9.59 Å². The lowest BCUT2D eigenvalue weighted by molar-refractivity contribution is -0.126. The number of hydrogen-bond acceptors (Lipinski definition) is 5. The van der Waals surface area contributed by atoms with Crippen molar-refractivity contribution in [3.63, 3.8) is 0 Å². The second-order valence-corrected chi connectivity index (χ2v) is 6.23. The van der Waals surface area contributed by atoms with Gasteiger partial charge in [0, 0.05) is 18.7 Å². The van der Waals surface area contributed by atoms with Gasteiger partial charge in [0.25, 0.3) is 0 Å². The van der Waals surface area contributed by atoms with E-state index in [-0.39, 0.29) is 37.4 Å². The van der Waals surface area contributed by atoms with Crippen molar-refractivity contribution in [3.8, 4) is 11.5 Å². The zero-order valence-electron chi connectivity index (χ0n) is 14.2. The molecule has 1 atom stereocenters. The Balaban J connectivity index is 1.36. The average molecular weight is 369 g/mol. The number of carbonyl (C=O) groups is 2. The van der Waals surface area contributed by atoms with Gasteiger partial charge >= 0.3 is 0 Å². The molecule has 0 radical (unpaired) electrons. The van der Waals surface area contributed by atoms with Gasteiger partial charge in [-0.15, -0.1) is 0 Å². The van der Waals surface area contributed by atoms with E-state index in [4.69, 9.17) is 9.47 Å². The Morgan fingerprint density at radius 1 is 1.19 bits per heavy atom. The van der Waals surface area contributed by atoms with Crippen molar-refractivity contribution in [2.24, 2.45) is 11.0 Å². The van der Waals surface area contributed by atoms with Gasteiger partial charge in [0.05, 0.1) is 12.1 Å². The molecule has 1 N–H and O–H groups in total. The van der Waals surface area contributed by atoms with Crippen molar-refractivity contribution in [1.29, 1.82) is 0 Å². The zero-order chi connectivity index (χ0) is 18.8. The number of benzene rings is 2. The van der Waals surface area contributed by atoms with Gasteiger partial charge in [-0.2, -0.15) is 5.10 Å². The first-order chi connectivity index (χ1) is 13.1. The number of rotatable bonds is 4. The SMILES string of the molecule is O=C(N/N=C\c1ccc2c(c1)OCO2)[C@H]1CC(=O)N(c2ccc(F)cc2)C1. The standard InChI is InChI=1S/C19H16FN3O4/c20-14-2-4-15(5-3-14)23-10-13(8-18(23)24)19(25)22-21-9-12-1-6-16-17(7-12)27-11-26-16/h1-7,9,13H,8,10-11H2,(H,22,25)/b21-9-/t13-/m0/s1. The zero-order valence-corrected chi connectivity index (χ0v) is 14.2. The molecule has 0 aliphatic carbocycles. The normalized spacial score (nSPS) is 18.3. The highest BCUT2D eigenvalue weighted by molar-refractivity contribution is 6.00. The maximum Gasteiger partial charge on any atom is 0.245 e. The highest BCUT2D eigenvalue weighted by atomic mass is 19.1. The number of amides is 2. The molecule has 2 amide bonds. The number of nitrogens with one attached hydrogen (secondary N) is 1. The molecule has 2 heterocycles. The third-order valence-corrected chi connectivity index (χ3v) is 4.42. The van der Waals surface area contributed by atoms with Crippen LogP contribution in [0.2, 0.25) is 0 Å². The molecule has 27 heavy (non-hydrogen) atoms. The fourth-order valence-corrected chi connectivity index (χ4v) is 3.01. The number of hydrogen-bond donors (Lipinski definition) is 1. The lowest BCUT2D eigenvalue weighted by atomic mass is 10.1. The van der Waals surface area contributed by atoms with Crippen LogP contribution in [0.4, 0.5) is 10.1 Å². The largest absolute Gasteiger partial charge is 0.454 e. The molecule has 2 aliphatic rings. The van der Waals surface area contributed by atoms with Crippen molar-refractivity contribution in [1.82, 2.24) is 5.43 Å². The van der Waals surface area contributed by atoms with Crippen LogP contribution in [0, 0.1) is 11.7 Å². The number of halogens is 1. The van der Waals surface area contributed by atoms with Gasteiger partial charge < -0.3 is 14.4 Å². The molecule has 0 unspecified atom stereocenters. The summed E-state index contributed by atoms with van der Waals surface area (Å²) in [6, 6.07) is 10.9. The lowest BCUT2D eigenvalue weighted by Gasteiger charge is -2.16. The quantitative estimate of drug-likeness (QED) is 0.661. The van der Waals surface area contributed by atoms with Crippen LogP contribution in [0.1, 0.15) is 12.0 Å². The van der Waals surface area contributed by atoms with E-state index in [0.717, 1.165) is 5.56 Å². The molecule has 138 valence electrons. The first kappa shape index (κ1) is 17.0. The summed E-state index contributed by atoms with van der Waals surface area (Å²) < 4.78 is 23.5. The van der Waals surface area contributed by atoms with Crippen LogP contribution in [0.25, 0.3) is 0 Å². The Morgan fingerprint density at radius 2 is 1.96 bits per heavy atom. The van der Waals surface area contributed by atoms with E-state index in [2.05, 4.69) is 10.5 Å².